The first-order valence-corrected chi connectivity index (χ1v) is 12.5. The number of rotatable bonds is 9. The molecule has 8 heteroatoms. The fraction of sp³-hybridized carbons (Fsp3) is 0.536. The summed E-state index contributed by atoms with van der Waals surface area (Å²) in [5, 5.41) is 0. The zero-order valence-corrected chi connectivity index (χ0v) is 22.7. The average Bonchev–Trinajstić information content (AvgIpc) is 3.04. The largest absolute Gasteiger partial charge is 0.493 e. The third kappa shape index (κ3) is 6.56. The lowest BCUT2D eigenvalue weighted by Gasteiger charge is -2.35. The van der Waals surface area contributed by atoms with Gasteiger partial charge in [-0.2, -0.15) is 0 Å². The Morgan fingerprint density at radius 2 is 1.53 bits per heavy atom. The Hall–Kier alpha value is -2.64. The Kier molecular flexibility index (Phi) is 10.1. The lowest BCUT2D eigenvalue weighted by Crippen LogP contribution is -2.44. The van der Waals surface area contributed by atoms with Gasteiger partial charge in [0, 0.05) is 26.2 Å². The van der Waals surface area contributed by atoms with Crippen molar-refractivity contribution in [2.75, 3.05) is 61.2 Å². The van der Waals surface area contributed by atoms with Crippen LogP contribution in [-0.2, 0) is 24.1 Å². The van der Waals surface area contributed by atoms with E-state index in [1.54, 1.807) is 28.4 Å². The molecule has 198 valence electrons. The Morgan fingerprint density at radius 3 is 2.22 bits per heavy atom. The number of piperidine rings is 1. The van der Waals surface area contributed by atoms with Crippen LogP contribution in [0.25, 0.3) is 0 Å². The first kappa shape index (κ1) is 27.9. The molecule has 1 fully saturated rings. The number of nitrogens with zero attached hydrogens (tertiary/aromatic N) is 2. The summed E-state index contributed by atoms with van der Waals surface area (Å²) in [5.41, 5.74) is 3.48. The highest BCUT2D eigenvalue weighted by Gasteiger charge is 2.27. The minimum atomic E-state index is 0. The van der Waals surface area contributed by atoms with Crippen LogP contribution in [0.4, 0.5) is 0 Å². The molecule has 36 heavy (non-hydrogen) atoms. The van der Waals surface area contributed by atoms with Crippen LogP contribution in [0.3, 0.4) is 0 Å². The van der Waals surface area contributed by atoms with Crippen LogP contribution in [0.15, 0.2) is 30.3 Å². The van der Waals surface area contributed by atoms with Gasteiger partial charge in [-0.05, 0) is 79.1 Å². The summed E-state index contributed by atoms with van der Waals surface area (Å²) in [5.74, 6) is 3.66. The van der Waals surface area contributed by atoms with Gasteiger partial charge in [-0.15, -0.1) is 12.4 Å². The second-order valence-electron chi connectivity index (χ2n) is 9.49. The predicted molar refractivity (Wildman–Crippen MR) is 143 cm³/mol. The molecular weight excluding hydrogens is 480 g/mol. The van der Waals surface area contributed by atoms with E-state index in [9.17, 15) is 4.79 Å². The summed E-state index contributed by atoms with van der Waals surface area (Å²) in [6.07, 6.45) is 4.58. The minimum absolute atomic E-state index is 0. The maximum atomic E-state index is 13.1. The normalized spacial score (nSPS) is 18.1. The van der Waals surface area contributed by atoms with E-state index in [0.29, 0.717) is 18.1 Å². The molecule has 0 bridgehead atoms. The molecule has 0 aromatic heterocycles. The fourth-order valence-electron chi connectivity index (χ4n) is 5.35. The summed E-state index contributed by atoms with van der Waals surface area (Å²) in [6, 6.07) is 10.1. The molecule has 1 atom stereocenters. The van der Waals surface area contributed by atoms with Crippen molar-refractivity contribution in [1.29, 1.82) is 0 Å². The molecule has 0 aliphatic carbocycles. The van der Waals surface area contributed by atoms with Gasteiger partial charge in [0.15, 0.2) is 23.0 Å². The van der Waals surface area contributed by atoms with E-state index in [0.717, 1.165) is 68.4 Å². The molecular formula is C28H39ClN2O5. The van der Waals surface area contributed by atoms with Crippen LogP contribution < -0.4 is 18.9 Å². The molecule has 0 radical (unpaired) electrons. The summed E-state index contributed by atoms with van der Waals surface area (Å²) in [7, 11) is 6.62. The number of hydrogen-bond donors (Lipinski definition) is 0. The van der Waals surface area contributed by atoms with E-state index in [2.05, 4.69) is 21.9 Å². The standard InChI is InChI=1S/C28H38N2O5.ClH/c1-32-24-8-7-20(14-25(24)33-2)9-12-29-11-5-6-21(18-29)19-30-13-10-22-15-26(34-3)27(35-4)16-23(22)17-28(30)31;/h7-8,14-16,21H,5-6,9-13,17-19H2,1-4H3;1H. The summed E-state index contributed by atoms with van der Waals surface area (Å²) in [4.78, 5) is 17.7. The summed E-state index contributed by atoms with van der Waals surface area (Å²) >= 11 is 0. The molecule has 1 amide bonds. The third-order valence-electron chi connectivity index (χ3n) is 7.30. The van der Waals surface area contributed by atoms with Crippen molar-refractivity contribution in [2.45, 2.75) is 32.1 Å². The van der Waals surface area contributed by atoms with Crippen molar-refractivity contribution in [3.8, 4) is 23.0 Å². The van der Waals surface area contributed by atoms with Crippen molar-refractivity contribution in [3.63, 3.8) is 0 Å². The quantitative estimate of drug-likeness (QED) is 0.499. The molecule has 0 spiro atoms. The third-order valence-corrected chi connectivity index (χ3v) is 7.30. The lowest BCUT2D eigenvalue weighted by atomic mass is 9.96. The highest BCUT2D eigenvalue weighted by atomic mass is 35.5. The fourth-order valence-corrected chi connectivity index (χ4v) is 5.35. The Morgan fingerprint density at radius 1 is 0.861 bits per heavy atom. The van der Waals surface area contributed by atoms with Crippen molar-refractivity contribution in [1.82, 2.24) is 9.80 Å². The van der Waals surface area contributed by atoms with Gasteiger partial charge in [0.1, 0.15) is 0 Å². The van der Waals surface area contributed by atoms with Crippen LogP contribution in [0.1, 0.15) is 29.5 Å². The van der Waals surface area contributed by atoms with Crippen molar-refractivity contribution >= 4 is 18.3 Å². The number of halogens is 1. The van der Waals surface area contributed by atoms with E-state index in [-0.39, 0.29) is 18.3 Å². The maximum Gasteiger partial charge on any atom is 0.227 e. The van der Waals surface area contributed by atoms with Crippen molar-refractivity contribution < 1.29 is 23.7 Å². The van der Waals surface area contributed by atoms with Gasteiger partial charge < -0.3 is 28.7 Å². The highest BCUT2D eigenvalue weighted by Crippen LogP contribution is 2.33. The number of likely N-dealkylation sites (tertiary alicyclic amines) is 1. The number of hydrogen-bond acceptors (Lipinski definition) is 6. The number of amides is 1. The molecule has 2 aromatic rings. The number of fused-ring (bicyclic) bond motifs is 1. The number of ether oxygens (including phenoxy) is 4. The van der Waals surface area contributed by atoms with Gasteiger partial charge in [-0.25, -0.2) is 0 Å². The summed E-state index contributed by atoms with van der Waals surface area (Å²) in [6.45, 7) is 4.73. The molecule has 2 aliphatic rings. The van der Waals surface area contributed by atoms with E-state index in [1.165, 1.54) is 24.0 Å². The monoisotopic (exact) mass is 518 g/mol. The van der Waals surface area contributed by atoms with Gasteiger partial charge in [0.2, 0.25) is 5.91 Å². The molecule has 2 heterocycles. The Balaban J connectivity index is 0.00000361. The minimum Gasteiger partial charge on any atom is -0.493 e. The predicted octanol–water partition coefficient (Wildman–Crippen LogP) is 4.02. The SMILES string of the molecule is COc1ccc(CCN2CCCC(CN3CCc4cc(OC)c(OC)cc4CC3=O)C2)cc1OC.Cl. The van der Waals surface area contributed by atoms with E-state index >= 15 is 0 Å². The van der Waals surface area contributed by atoms with E-state index in [1.807, 2.05) is 18.2 Å². The highest BCUT2D eigenvalue weighted by molar-refractivity contribution is 5.85. The molecule has 7 nitrogen and oxygen atoms in total. The van der Waals surface area contributed by atoms with Crippen LogP contribution in [-0.4, -0.2) is 76.9 Å². The molecule has 0 N–H and O–H groups in total. The molecule has 1 unspecified atom stereocenters. The number of carbonyl (C=O) groups excluding carboxylic acids is 1. The van der Waals surface area contributed by atoms with Gasteiger partial charge in [-0.3, -0.25) is 4.79 Å². The van der Waals surface area contributed by atoms with Crippen LogP contribution in [0.2, 0.25) is 0 Å². The second kappa shape index (κ2) is 13.1. The van der Waals surface area contributed by atoms with Crippen molar-refractivity contribution in [2.24, 2.45) is 5.92 Å². The first-order chi connectivity index (χ1) is 17.0. The molecule has 2 aliphatic heterocycles. The van der Waals surface area contributed by atoms with E-state index in [4.69, 9.17) is 18.9 Å². The zero-order chi connectivity index (χ0) is 24.8. The first-order valence-electron chi connectivity index (χ1n) is 12.5. The molecule has 2 aromatic carbocycles. The van der Waals surface area contributed by atoms with Crippen molar-refractivity contribution in [3.05, 3.63) is 47.0 Å². The molecule has 0 saturated carbocycles. The van der Waals surface area contributed by atoms with Crippen LogP contribution >= 0.6 is 12.4 Å². The smallest absolute Gasteiger partial charge is 0.227 e. The zero-order valence-electron chi connectivity index (χ0n) is 21.9. The lowest BCUT2D eigenvalue weighted by molar-refractivity contribution is -0.131. The van der Waals surface area contributed by atoms with Gasteiger partial charge in [0.25, 0.3) is 0 Å². The topological polar surface area (TPSA) is 60.5 Å². The Labute approximate surface area is 221 Å². The number of carbonyl (C=O) groups is 1. The van der Waals surface area contributed by atoms with Gasteiger partial charge in [0.05, 0.1) is 34.9 Å². The van der Waals surface area contributed by atoms with Crippen LogP contribution in [0, 0.1) is 5.92 Å². The summed E-state index contributed by atoms with van der Waals surface area (Å²) < 4.78 is 21.7. The second-order valence-corrected chi connectivity index (χ2v) is 9.49. The average molecular weight is 519 g/mol. The number of benzene rings is 2. The van der Waals surface area contributed by atoms with Gasteiger partial charge >= 0.3 is 0 Å². The van der Waals surface area contributed by atoms with E-state index < -0.39 is 0 Å². The molecule has 1 saturated heterocycles. The Bertz CT molecular complexity index is 1030. The van der Waals surface area contributed by atoms with Crippen LogP contribution in [0.5, 0.6) is 23.0 Å². The molecule has 4 rings (SSSR count). The number of methoxy groups -OCH3 is 4. The maximum absolute atomic E-state index is 13.1. The van der Waals surface area contributed by atoms with Gasteiger partial charge in [-0.1, -0.05) is 6.07 Å².